The standard InChI is InChI=1S/C46H52N12O8S/c1-28-27-66-24-23-57(28)36-25-35(50-42(51-36)31-17-21-48-41-30(31)16-20-47-41)46(18-19-46)67(2,65)54-39(61)14-12-29-26-56(55-53-29)22-7-5-3-4-6-11-37(59)49-33-10-8-9-32-40(33)45(64)58(44(32)63)34-13-15-38(60)52-43(34)62/h8-10,16-17,20-21,25-26,28,34H,3-7,11-15,18-19,22-24,27H2,1-2H3,(H,47,48)(H,49,59)(H,52,60,62)/t28-,34?,67-/m1/s1. The predicted molar refractivity (Wildman–Crippen MR) is 245 cm³/mol. The number of aromatic nitrogens is 7. The minimum absolute atomic E-state index is 0.0155. The van der Waals surface area contributed by atoms with Crippen LogP contribution >= 0.6 is 0 Å². The van der Waals surface area contributed by atoms with Gasteiger partial charge >= 0.3 is 0 Å². The number of nitrogens with one attached hydrogen (secondary N) is 3. The molecule has 0 spiro atoms. The van der Waals surface area contributed by atoms with Crippen LogP contribution in [0.4, 0.5) is 11.5 Å². The summed E-state index contributed by atoms with van der Waals surface area (Å²) in [4.78, 5) is 97.4. The third-order valence-corrected chi connectivity index (χ3v) is 15.6. The normalized spacial score (nSPS) is 19.9. The molecule has 1 aromatic carbocycles. The largest absolute Gasteiger partial charge is 0.377 e. The van der Waals surface area contributed by atoms with Crippen molar-refractivity contribution in [2.45, 2.75) is 107 Å². The summed E-state index contributed by atoms with van der Waals surface area (Å²) in [6.07, 6.45) is 12.7. The molecule has 3 N–H and O–H groups in total. The second-order valence-corrected chi connectivity index (χ2v) is 20.2. The average molecular weight is 933 g/mol. The van der Waals surface area contributed by atoms with Crippen LogP contribution in [0.3, 0.4) is 0 Å². The molecule has 67 heavy (non-hydrogen) atoms. The van der Waals surface area contributed by atoms with E-state index in [9.17, 15) is 33.0 Å². The van der Waals surface area contributed by atoms with Gasteiger partial charge in [-0.05, 0) is 63.3 Å². The molecule has 4 aromatic heterocycles. The molecule has 20 nitrogen and oxygen atoms in total. The molecular formula is C46H52N12O8S. The minimum Gasteiger partial charge on any atom is -0.377 e. The maximum absolute atomic E-state index is 14.5. The summed E-state index contributed by atoms with van der Waals surface area (Å²) >= 11 is 0. The van der Waals surface area contributed by atoms with E-state index >= 15 is 0 Å². The van der Waals surface area contributed by atoms with E-state index in [4.69, 9.17) is 14.7 Å². The van der Waals surface area contributed by atoms with Crippen LogP contribution in [0.1, 0.15) is 110 Å². The van der Waals surface area contributed by atoms with Gasteiger partial charge in [0, 0.05) is 80.6 Å². The first-order chi connectivity index (χ1) is 32.3. The number of pyridine rings is 1. The van der Waals surface area contributed by atoms with Crippen molar-refractivity contribution in [3.05, 3.63) is 77.5 Å². The van der Waals surface area contributed by atoms with Gasteiger partial charge in [0.05, 0.1) is 61.9 Å². The average Bonchev–Trinajstić information content (AvgIpc) is 3.66. The van der Waals surface area contributed by atoms with E-state index < -0.39 is 50.1 Å². The Hall–Kier alpha value is -6.74. The number of morpholine rings is 1. The molecule has 1 aliphatic carbocycles. The number of rotatable bonds is 17. The van der Waals surface area contributed by atoms with Crippen molar-refractivity contribution in [2.24, 2.45) is 4.36 Å². The molecule has 5 aromatic rings. The number of imide groups is 2. The maximum Gasteiger partial charge on any atom is 0.264 e. The van der Waals surface area contributed by atoms with Crippen LogP contribution in [0.15, 0.2) is 59.4 Å². The van der Waals surface area contributed by atoms with Gasteiger partial charge in [0.25, 0.3) is 17.7 Å². The molecule has 3 fully saturated rings. The molecule has 2 saturated heterocycles. The molecule has 0 bridgehead atoms. The van der Waals surface area contributed by atoms with Gasteiger partial charge in [-0.25, -0.2) is 19.2 Å². The number of aryl methyl sites for hydroxylation is 2. The highest BCUT2D eigenvalue weighted by molar-refractivity contribution is 7.94. The molecule has 7 heterocycles. The number of aromatic amines is 1. The number of fused-ring (bicyclic) bond motifs is 2. The summed E-state index contributed by atoms with van der Waals surface area (Å²) in [5, 5.41) is 14.3. The number of hydrogen-bond donors (Lipinski definition) is 3. The minimum atomic E-state index is -3.08. The van der Waals surface area contributed by atoms with Crippen LogP contribution < -0.4 is 15.5 Å². The van der Waals surface area contributed by atoms with Gasteiger partial charge in [0.1, 0.15) is 17.5 Å². The SMILES string of the molecule is C[C@@H]1COCCN1c1cc(C2([S@@](C)(=O)=NC(=O)CCc3cn(CCCCCCCC(=O)Nc4cccc5c4C(=O)N(C4CCC(=O)NC4=O)C5=O)nn3)CC2)nc(-c2ccnc3[nH]ccc23)n1. The highest BCUT2D eigenvalue weighted by Gasteiger charge is 2.54. The fraction of sp³-hybridized carbons (Fsp3) is 0.457. The summed E-state index contributed by atoms with van der Waals surface area (Å²) in [5.41, 5.74) is 3.10. The van der Waals surface area contributed by atoms with Crippen molar-refractivity contribution in [2.75, 3.05) is 36.2 Å². The van der Waals surface area contributed by atoms with E-state index in [1.807, 2.05) is 30.6 Å². The highest BCUT2D eigenvalue weighted by atomic mass is 32.2. The number of unbranched alkanes of at least 4 members (excludes halogenated alkanes) is 4. The smallest absolute Gasteiger partial charge is 0.264 e. The van der Waals surface area contributed by atoms with Gasteiger partial charge in [-0.15, -0.1) is 5.10 Å². The Labute approximate surface area is 386 Å². The summed E-state index contributed by atoms with van der Waals surface area (Å²) in [5.74, 6) is -2.02. The van der Waals surface area contributed by atoms with Crippen molar-refractivity contribution in [1.29, 1.82) is 0 Å². The van der Waals surface area contributed by atoms with E-state index in [0.29, 0.717) is 80.7 Å². The van der Waals surface area contributed by atoms with Crippen molar-refractivity contribution in [1.82, 2.24) is 45.1 Å². The second kappa shape index (κ2) is 18.9. The third kappa shape index (κ3) is 9.34. The van der Waals surface area contributed by atoms with E-state index in [-0.39, 0.29) is 54.4 Å². The topological polar surface area (TPSA) is 257 Å². The summed E-state index contributed by atoms with van der Waals surface area (Å²) in [7, 11) is -3.08. The number of ether oxygens (including phenoxy) is 1. The van der Waals surface area contributed by atoms with E-state index in [1.54, 1.807) is 29.3 Å². The predicted octanol–water partition coefficient (Wildman–Crippen LogP) is 4.46. The number of nitrogens with zero attached hydrogens (tertiary/aromatic N) is 9. The summed E-state index contributed by atoms with van der Waals surface area (Å²) < 4.78 is 25.4. The maximum atomic E-state index is 14.5. The number of H-pyrrole nitrogens is 1. The fourth-order valence-corrected chi connectivity index (χ4v) is 11.2. The van der Waals surface area contributed by atoms with Gasteiger partial charge < -0.3 is 19.9 Å². The summed E-state index contributed by atoms with van der Waals surface area (Å²) in [6, 6.07) is 9.30. The lowest BCUT2D eigenvalue weighted by molar-refractivity contribution is -0.136. The number of anilines is 2. The van der Waals surface area contributed by atoms with Crippen LogP contribution in [0.5, 0.6) is 0 Å². The number of amides is 6. The zero-order valence-corrected chi connectivity index (χ0v) is 38.2. The van der Waals surface area contributed by atoms with Crippen LogP contribution in [0.25, 0.3) is 22.4 Å². The Balaban J connectivity index is 0.740. The lowest BCUT2D eigenvalue weighted by atomic mass is 10.0. The Morgan fingerprint density at radius 2 is 1.82 bits per heavy atom. The Bertz CT molecular complexity index is 2920. The molecule has 4 aliphatic rings. The van der Waals surface area contributed by atoms with Gasteiger partial charge in [0.2, 0.25) is 17.7 Å². The third-order valence-electron chi connectivity index (χ3n) is 13.0. The lowest BCUT2D eigenvalue weighted by Crippen LogP contribution is -2.54. The first-order valence-electron chi connectivity index (χ1n) is 22.8. The molecule has 21 heteroatoms. The number of carbonyl (C=O) groups is 6. The van der Waals surface area contributed by atoms with Crippen LogP contribution in [-0.2, 0) is 51.4 Å². The number of carbonyl (C=O) groups excluding carboxylic acids is 6. The van der Waals surface area contributed by atoms with E-state index in [1.165, 1.54) is 6.07 Å². The van der Waals surface area contributed by atoms with Crippen molar-refractivity contribution in [3.63, 3.8) is 0 Å². The van der Waals surface area contributed by atoms with Crippen LogP contribution in [-0.4, -0.2) is 118 Å². The van der Waals surface area contributed by atoms with Gasteiger partial charge in [-0.2, -0.15) is 4.36 Å². The Kier molecular flexibility index (Phi) is 12.8. The van der Waals surface area contributed by atoms with Crippen molar-refractivity contribution in [3.8, 4) is 11.4 Å². The number of piperidine rings is 1. The molecule has 3 atom stereocenters. The second-order valence-electron chi connectivity index (χ2n) is 17.6. The molecule has 0 radical (unpaired) electrons. The van der Waals surface area contributed by atoms with Crippen molar-refractivity contribution >= 4 is 67.7 Å². The Morgan fingerprint density at radius 1 is 1.00 bits per heavy atom. The number of hydrogen-bond acceptors (Lipinski definition) is 14. The van der Waals surface area contributed by atoms with Gasteiger partial charge in [-0.1, -0.05) is 30.5 Å². The van der Waals surface area contributed by atoms with E-state index in [2.05, 4.69) is 47.1 Å². The lowest BCUT2D eigenvalue weighted by Gasteiger charge is -2.35. The van der Waals surface area contributed by atoms with Crippen LogP contribution in [0.2, 0.25) is 0 Å². The molecular weight excluding hydrogens is 881 g/mol. The summed E-state index contributed by atoms with van der Waals surface area (Å²) in [6.45, 7) is 4.46. The fourth-order valence-electron chi connectivity index (χ4n) is 9.15. The zero-order chi connectivity index (χ0) is 46.9. The first kappa shape index (κ1) is 45.4. The molecule has 6 amide bonds. The molecule has 9 rings (SSSR count). The van der Waals surface area contributed by atoms with Gasteiger partial charge in [-0.3, -0.25) is 43.7 Å². The van der Waals surface area contributed by atoms with Gasteiger partial charge in [0.15, 0.2) is 5.82 Å². The molecule has 1 unspecified atom stereocenters. The monoisotopic (exact) mass is 932 g/mol. The van der Waals surface area contributed by atoms with E-state index in [0.717, 1.165) is 41.5 Å². The van der Waals surface area contributed by atoms with Crippen molar-refractivity contribution < 1.29 is 37.7 Å². The molecule has 3 aliphatic heterocycles. The van der Waals surface area contributed by atoms with Crippen LogP contribution in [0, 0.1) is 0 Å². The molecule has 1 saturated carbocycles. The quantitative estimate of drug-likeness (QED) is 0.0860. The zero-order valence-electron chi connectivity index (χ0n) is 37.4. The Morgan fingerprint density at radius 3 is 2.63 bits per heavy atom. The molecule has 350 valence electrons. The number of benzene rings is 1. The first-order valence-corrected chi connectivity index (χ1v) is 24.7. The highest BCUT2D eigenvalue weighted by Crippen LogP contribution is 2.53.